The Morgan fingerprint density at radius 2 is 2.00 bits per heavy atom. The summed E-state index contributed by atoms with van der Waals surface area (Å²) in [6.07, 6.45) is 1.40. The Morgan fingerprint density at radius 3 is 2.68 bits per heavy atom. The van der Waals surface area contributed by atoms with Gasteiger partial charge in [0.1, 0.15) is 6.54 Å². The Morgan fingerprint density at radius 1 is 1.26 bits per heavy atom. The molecule has 0 bridgehead atoms. The molecule has 0 aliphatic rings. The number of Topliss-reactive ketones (excluding diaryl/α,β-unsaturated/α-hetero) is 1. The lowest BCUT2D eigenvalue weighted by Crippen LogP contribution is -2.11. The van der Waals surface area contributed by atoms with Crippen LogP contribution in [0.1, 0.15) is 27.8 Å². The van der Waals surface area contributed by atoms with Gasteiger partial charge in [-0.05, 0) is 6.92 Å². The molecule has 1 aromatic heterocycles. The first-order valence-corrected chi connectivity index (χ1v) is 5.86. The van der Waals surface area contributed by atoms with Crippen LogP contribution in [0.3, 0.4) is 0 Å². The van der Waals surface area contributed by atoms with Crippen LogP contribution in [0.4, 0.5) is 0 Å². The van der Waals surface area contributed by atoms with E-state index in [-0.39, 0.29) is 24.6 Å². The van der Waals surface area contributed by atoms with E-state index in [0.29, 0.717) is 5.56 Å². The second kappa shape index (κ2) is 5.90. The summed E-state index contributed by atoms with van der Waals surface area (Å²) < 4.78 is 6.11. The molecule has 0 unspecified atom stereocenters. The van der Waals surface area contributed by atoms with Crippen LogP contribution in [0.15, 0.2) is 36.5 Å². The molecule has 0 radical (unpaired) electrons. The minimum absolute atomic E-state index is 0.0381. The van der Waals surface area contributed by atoms with Crippen LogP contribution >= 0.6 is 0 Å². The number of rotatable bonds is 5. The fourth-order valence-corrected chi connectivity index (χ4v) is 1.54. The number of nitrogens with zero attached hydrogens (tertiary/aromatic N) is 3. The molecular weight excluding hydrogens is 246 g/mol. The van der Waals surface area contributed by atoms with Crippen molar-refractivity contribution in [2.24, 2.45) is 0 Å². The van der Waals surface area contributed by atoms with Crippen molar-refractivity contribution in [3.8, 4) is 0 Å². The highest BCUT2D eigenvalue weighted by atomic mass is 16.5. The van der Waals surface area contributed by atoms with E-state index < -0.39 is 5.97 Å². The molecule has 19 heavy (non-hydrogen) atoms. The summed E-state index contributed by atoms with van der Waals surface area (Å²) in [5, 5.41) is 7.40. The van der Waals surface area contributed by atoms with Crippen molar-refractivity contribution in [1.82, 2.24) is 15.0 Å². The molecule has 6 nitrogen and oxygen atoms in total. The van der Waals surface area contributed by atoms with Crippen molar-refractivity contribution in [1.29, 1.82) is 0 Å². The van der Waals surface area contributed by atoms with Gasteiger partial charge in [0.25, 0.3) is 0 Å². The monoisotopic (exact) mass is 259 g/mol. The van der Waals surface area contributed by atoms with Crippen molar-refractivity contribution in [3.05, 3.63) is 47.8 Å². The maximum atomic E-state index is 11.9. The molecule has 0 amide bonds. The predicted molar refractivity (Wildman–Crippen MR) is 66.8 cm³/mol. The zero-order valence-corrected chi connectivity index (χ0v) is 10.4. The summed E-state index contributed by atoms with van der Waals surface area (Å²) in [4.78, 5) is 23.3. The number of aromatic nitrogens is 3. The largest absolute Gasteiger partial charge is 0.461 e. The van der Waals surface area contributed by atoms with E-state index in [4.69, 9.17) is 4.74 Å². The Bertz CT molecular complexity index is 578. The molecular formula is C13H13N3O3. The third kappa shape index (κ3) is 3.25. The zero-order chi connectivity index (χ0) is 13.7. The van der Waals surface area contributed by atoms with Gasteiger partial charge in [-0.15, -0.1) is 5.10 Å². The van der Waals surface area contributed by atoms with Gasteiger partial charge in [-0.2, -0.15) is 0 Å². The highest BCUT2D eigenvalue weighted by Crippen LogP contribution is 2.03. The molecule has 2 aromatic rings. The minimum Gasteiger partial charge on any atom is -0.461 e. The summed E-state index contributed by atoms with van der Waals surface area (Å²) in [5.41, 5.74) is 0.693. The molecule has 98 valence electrons. The van der Waals surface area contributed by atoms with Crippen LogP contribution in [-0.2, 0) is 11.3 Å². The number of esters is 1. The second-order valence-electron chi connectivity index (χ2n) is 3.81. The number of ether oxygens (including phenoxy) is 1. The van der Waals surface area contributed by atoms with Gasteiger partial charge < -0.3 is 4.74 Å². The molecule has 0 atom stereocenters. The van der Waals surface area contributed by atoms with Gasteiger partial charge in [-0.3, -0.25) is 4.79 Å². The van der Waals surface area contributed by atoms with Crippen molar-refractivity contribution >= 4 is 11.8 Å². The molecule has 1 aromatic carbocycles. The molecule has 2 rings (SSSR count). The van der Waals surface area contributed by atoms with E-state index in [1.165, 1.54) is 10.9 Å². The van der Waals surface area contributed by atoms with Crippen LogP contribution < -0.4 is 0 Å². The SMILES string of the molecule is CCOC(=O)c1cn(CC(=O)c2ccccc2)nn1. The average Bonchev–Trinajstić information content (AvgIpc) is 2.88. The van der Waals surface area contributed by atoms with Gasteiger partial charge in [0, 0.05) is 5.56 Å². The Labute approximate surface area is 110 Å². The van der Waals surface area contributed by atoms with Gasteiger partial charge in [0.2, 0.25) is 0 Å². The fourth-order valence-electron chi connectivity index (χ4n) is 1.54. The van der Waals surface area contributed by atoms with Crippen LogP contribution in [-0.4, -0.2) is 33.4 Å². The molecule has 1 heterocycles. The van der Waals surface area contributed by atoms with Gasteiger partial charge in [0.05, 0.1) is 12.8 Å². The molecule has 0 fully saturated rings. The summed E-state index contributed by atoms with van der Waals surface area (Å²) in [7, 11) is 0. The topological polar surface area (TPSA) is 74.1 Å². The molecule has 0 N–H and O–H groups in total. The van der Waals surface area contributed by atoms with E-state index >= 15 is 0 Å². The lowest BCUT2D eigenvalue weighted by Gasteiger charge is -1.99. The summed E-state index contributed by atoms with van der Waals surface area (Å²) in [5.74, 6) is -0.637. The summed E-state index contributed by atoms with van der Waals surface area (Å²) in [6, 6.07) is 8.87. The Balaban J connectivity index is 2.04. The smallest absolute Gasteiger partial charge is 0.360 e. The van der Waals surface area contributed by atoms with Crippen molar-refractivity contribution < 1.29 is 14.3 Å². The lowest BCUT2D eigenvalue weighted by molar-refractivity contribution is 0.0519. The van der Waals surface area contributed by atoms with Crippen LogP contribution in [0.2, 0.25) is 0 Å². The number of benzene rings is 1. The fraction of sp³-hybridized carbons (Fsp3) is 0.231. The molecule has 6 heteroatoms. The van der Waals surface area contributed by atoms with Gasteiger partial charge in [-0.25, -0.2) is 9.48 Å². The molecule has 0 saturated heterocycles. The van der Waals surface area contributed by atoms with Crippen LogP contribution in [0, 0.1) is 0 Å². The van der Waals surface area contributed by atoms with Crippen molar-refractivity contribution in [2.45, 2.75) is 13.5 Å². The highest BCUT2D eigenvalue weighted by molar-refractivity contribution is 5.95. The Hall–Kier alpha value is -2.50. The zero-order valence-electron chi connectivity index (χ0n) is 10.4. The highest BCUT2D eigenvalue weighted by Gasteiger charge is 2.13. The van der Waals surface area contributed by atoms with Crippen LogP contribution in [0.5, 0.6) is 0 Å². The predicted octanol–water partition coefficient (Wildman–Crippen LogP) is 1.34. The first-order chi connectivity index (χ1) is 9.20. The molecule has 0 aliphatic heterocycles. The van der Waals surface area contributed by atoms with E-state index in [2.05, 4.69) is 10.3 Å². The lowest BCUT2D eigenvalue weighted by atomic mass is 10.1. The van der Waals surface area contributed by atoms with Crippen molar-refractivity contribution in [3.63, 3.8) is 0 Å². The van der Waals surface area contributed by atoms with E-state index in [1.54, 1.807) is 31.2 Å². The van der Waals surface area contributed by atoms with Crippen molar-refractivity contribution in [2.75, 3.05) is 6.61 Å². The second-order valence-corrected chi connectivity index (χ2v) is 3.81. The first kappa shape index (κ1) is 12.9. The maximum Gasteiger partial charge on any atom is 0.360 e. The van der Waals surface area contributed by atoms with E-state index in [9.17, 15) is 9.59 Å². The van der Waals surface area contributed by atoms with E-state index in [1.807, 2.05) is 6.07 Å². The first-order valence-electron chi connectivity index (χ1n) is 5.86. The van der Waals surface area contributed by atoms with Gasteiger partial charge >= 0.3 is 5.97 Å². The molecule has 0 aliphatic carbocycles. The normalized spacial score (nSPS) is 10.2. The minimum atomic E-state index is -0.541. The van der Waals surface area contributed by atoms with Gasteiger partial charge in [-0.1, -0.05) is 35.5 Å². The average molecular weight is 259 g/mol. The quantitative estimate of drug-likeness (QED) is 0.598. The molecule has 0 spiro atoms. The number of ketones is 1. The summed E-state index contributed by atoms with van der Waals surface area (Å²) >= 11 is 0. The van der Waals surface area contributed by atoms with Gasteiger partial charge in [0.15, 0.2) is 11.5 Å². The maximum absolute atomic E-state index is 11.9. The van der Waals surface area contributed by atoms with Crippen LogP contribution in [0.25, 0.3) is 0 Å². The number of carbonyl (C=O) groups is 2. The molecule has 0 saturated carbocycles. The Kier molecular flexibility index (Phi) is 4.02. The standard InChI is InChI=1S/C13H13N3O3/c1-2-19-13(18)11-8-16(15-14-11)9-12(17)10-6-4-3-5-7-10/h3-8H,2,9H2,1H3. The van der Waals surface area contributed by atoms with E-state index in [0.717, 1.165) is 0 Å². The third-order valence-electron chi connectivity index (χ3n) is 2.42. The number of hydrogen-bond donors (Lipinski definition) is 0. The number of hydrogen-bond acceptors (Lipinski definition) is 5. The number of carbonyl (C=O) groups excluding carboxylic acids is 2. The third-order valence-corrected chi connectivity index (χ3v) is 2.42. The summed E-state index contributed by atoms with van der Waals surface area (Å²) in [6.45, 7) is 2.02.